The molecule has 0 saturated heterocycles. The van der Waals surface area contributed by atoms with Gasteiger partial charge in [0, 0.05) is 19.2 Å². The maximum Gasteiger partial charge on any atom is 0.573 e. The molecular formula is C14H11F3N2O4S. The summed E-state index contributed by atoms with van der Waals surface area (Å²) in [5, 5.41) is 2.77. The van der Waals surface area contributed by atoms with Crippen LogP contribution in [0.3, 0.4) is 0 Å². The number of benzene rings is 1. The van der Waals surface area contributed by atoms with Gasteiger partial charge in [0.1, 0.15) is 21.4 Å². The van der Waals surface area contributed by atoms with Gasteiger partial charge in [0.15, 0.2) is 0 Å². The lowest BCUT2D eigenvalue weighted by atomic mass is 10.3. The molecule has 0 spiro atoms. The molecule has 1 N–H and O–H groups in total. The Kier molecular flexibility index (Phi) is 3.78. The first-order valence-corrected chi connectivity index (χ1v) is 8.26. The monoisotopic (exact) mass is 360 g/mol. The van der Waals surface area contributed by atoms with Gasteiger partial charge < -0.3 is 10.1 Å². The summed E-state index contributed by atoms with van der Waals surface area (Å²) in [6, 6.07) is 6.61. The van der Waals surface area contributed by atoms with Crippen LogP contribution in [0.2, 0.25) is 0 Å². The van der Waals surface area contributed by atoms with Crippen LogP contribution in [0.15, 0.2) is 51.0 Å². The Balaban J connectivity index is 2.18. The number of pyridine rings is 1. The summed E-state index contributed by atoms with van der Waals surface area (Å²) in [7, 11) is -4.33. The SMILES string of the molecule is O=c1ccc(S(=O)(=O)c2ccccc2OC(F)(F)F)c2n1CCN2. The quantitative estimate of drug-likeness (QED) is 0.906. The Morgan fingerprint density at radius 3 is 2.50 bits per heavy atom. The minimum absolute atomic E-state index is 0.0595. The normalized spacial score (nSPS) is 14.1. The number of nitrogens with zero attached hydrogens (tertiary/aromatic N) is 1. The van der Waals surface area contributed by atoms with E-state index in [-0.39, 0.29) is 17.3 Å². The van der Waals surface area contributed by atoms with Crippen LogP contribution in [0.1, 0.15) is 0 Å². The summed E-state index contributed by atoms with van der Waals surface area (Å²) in [6.07, 6.45) is -5.03. The number of halogens is 3. The standard InChI is InChI=1S/C14H11F3N2O4S/c15-14(16,17)23-9-3-1-2-4-10(9)24(21,22)11-5-6-12(20)19-8-7-18-13(11)19/h1-6,18H,7-8H2. The molecule has 6 nitrogen and oxygen atoms in total. The van der Waals surface area contributed by atoms with Crippen molar-refractivity contribution in [3.63, 3.8) is 0 Å². The van der Waals surface area contributed by atoms with Crippen LogP contribution in [0.5, 0.6) is 5.75 Å². The summed E-state index contributed by atoms with van der Waals surface area (Å²) in [5.41, 5.74) is -0.395. The molecule has 2 heterocycles. The second kappa shape index (κ2) is 5.55. The van der Waals surface area contributed by atoms with E-state index in [4.69, 9.17) is 0 Å². The number of anilines is 1. The van der Waals surface area contributed by atoms with Crippen molar-refractivity contribution in [3.05, 3.63) is 46.8 Å². The van der Waals surface area contributed by atoms with Crippen LogP contribution >= 0.6 is 0 Å². The number of alkyl halides is 3. The molecule has 1 aromatic heterocycles. The zero-order valence-electron chi connectivity index (χ0n) is 12.0. The second-order valence-corrected chi connectivity index (χ2v) is 6.85. The maximum atomic E-state index is 12.8. The van der Waals surface area contributed by atoms with Gasteiger partial charge in [0.25, 0.3) is 5.56 Å². The number of sulfone groups is 1. The van der Waals surface area contributed by atoms with Crippen molar-refractivity contribution in [2.24, 2.45) is 0 Å². The maximum absolute atomic E-state index is 12.8. The van der Waals surface area contributed by atoms with E-state index in [1.165, 1.54) is 16.7 Å². The van der Waals surface area contributed by atoms with Crippen molar-refractivity contribution in [1.29, 1.82) is 0 Å². The van der Waals surface area contributed by atoms with Crippen LogP contribution in [0.4, 0.5) is 19.0 Å². The number of hydrogen-bond donors (Lipinski definition) is 1. The third kappa shape index (κ3) is 2.84. The lowest BCUT2D eigenvalue weighted by Gasteiger charge is -2.15. The molecule has 0 saturated carbocycles. The van der Waals surface area contributed by atoms with E-state index in [0.29, 0.717) is 6.54 Å². The molecule has 0 radical (unpaired) electrons. The number of para-hydroxylation sites is 1. The highest BCUT2D eigenvalue weighted by atomic mass is 32.2. The van der Waals surface area contributed by atoms with Gasteiger partial charge in [-0.3, -0.25) is 9.36 Å². The first kappa shape index (κ1) is 16.4. The van der Waals surface area contributed by atoms with Crippen molar-refractivity contribution < 1.29 is 26.3 Å². The van der Waals surface area contributed by atoms with Crippen LogP contribution in [0.25, 0.3) is 0 Å². The lowest BCUT2D eigenvalue weighted by Crippen LogP contribution is -2.21. The van der Waals surface area contributed by atoms with Gasteiger partial charge in [0.2, 0.25) is 9.84 Å². The Hall–Kier alpha value is -2.49. The van der Waals surface area contributed by atoms with Gasteiger partial charge >= 0.3 is 6.36 Å². The number of aromatic nitrogens is 1. The Bertz CT molecular complexity index is 951. The third-order valence-electron chi connectivity index (χ3n) is 3.43. The summed E-state index contributed by atoms with van der Waals surface area (Å²) in [5.74, 6) is -0.766. The van der Waals surface area contributed by atoms with Gasteiger partial charge in [-0.2, -0.15) is 0 Å². The molecule has 2 aromatic rings. The fraction of sp³-hybridized carbons (Fsp3) is 0.214. The Morgan fingerprint density at radius 1 is 1.08 bits per heavy atom. The molecule has 3 rings (SSSR count). The van der Waals surface area contributed by atoms with Crippen molar-refractivity contribution in [2.75, 3.05) is 11.9 Å². The minimum Gasteiger partial charge on any atom is -0.404 e. The van der Waals surface area contributed by atoms with Gasteiger partial charge in [-0.25, -0.2) is 8.42 Å². The van der Waals surface area contributed by atoms with Crippen molar-refractivity contribution in [1.82, 2.24) is 4.57 Å². The smallest absolute Gasteiger partial charge is 0.404 e. The highest BCUT2D eigenvalue weighted by Crippen LogP contribution is 2.35. The molecule has 0 unspecified atom stereocenters. The molecule has 24 heavy (non-hydrogen) atoms. The predicted octanol–water partition coefficient (Wildman–Crippen LogP) is 2.01. The average Bonchev–Trinajstić information content (AvgIpc) is 2.96. The second-order valence-electron chi connectivity index (χ2n) is 4.96. The molecule has 128 valence electrons. The summed E-state index contributed by atoms with van der Waals surface area (Å²) in [4.78, 5) is 10.8. The van der Waals surface area contributed by atoms with Gasteiger partial charge in [-0.1, -0.05) is 12.1 Å². The summed E-state index contributed by atoms with van der Waals surface area (Å²) < 4.78 is 68.2. The van der Waals surface area contributed by atoms with E-state index in [9.17, 15) is 26.4 Å². The first-order chi connectivity index (χ1) is 11.2. The zero-order valence-corrected chi connectivity index (χ0v) is 12.8. The van der Waals surface area contributed by atoms with E-state index in [1.807, 2.05) is 0 Å². The summed E-state index contributed by atoms with van der Waals surface area (Å²) in [6.45, 7) is 0.626. The Morgan fingerprint density at radius 2 is 1.79 bits per heavy atom. The van der Waals surface area contributed by atoms with Crippen LogP contribution in [-0.2, 0) is 16.4 Å². The molecule has 1 aliphatic rings. The van der Waals surface area contributed by atoms with E-state index in [1.54, 1.807) is 0 Å². The number of nitrogens with one attached hydrogen (secondary N) is 1. The molecule has 0 amide bonds. The molecule has 1 aromatic carbocycles. The number of ether oxygens (including phenoxy) is 1. The van der Waals surface area contributed by atoms with Crippen molar-refractivity contribution in [2.45, 2.75) is 22.7 Å². The van der Waals surface area contributed by atoms with Crippen molar-refractivity contribution >= 4 is 15.7 Å². The molecule has 1 aliphatic heterocycles. The van der Waals surface area contributed by atoms with Crippen LogP contribution in [-0.4, -0.2) is 25.9 Å². The first-order valence-electron chi connectivity index (χ1n) is 6.78. The van der Waals surface area contributed by atoms with Crippen LogP contribution < -0.4 is 15.6 Å². The molecule has 0 bridgehead atoms. The van der Waals surface area contributed by atoms with E-state index in [0.717, 1.165) is 24.3 Å². The van der Waals surface area contributed by atoms with Crippen LogP contribution in [0, 0.1) is 0 Å². The zero-order chi connectivity index (χ0) is 17.5. The third-order valence-corrected chi connectivity index (χ3v) is 5.25. The number of rotatable bonds is 3. The molecule has 0 aliphatic carbocycles. The average molecular weight is 360 g/mol. The van der Waals surface area contributed by atoms with E-state index >= 15 is 0 Å². The van der Waals surface area contributed by atoms with Gasteiger partial charge in [-0.15, -0.1) is 13.2 Å². The van der Waals surface area contributed by atoms with E-state index < -0.39 is 32.4 Å². The fourth-order valence-electron chi connectivity index (χ4n) is 2.47. The number of fused-ring (bicyclic) bond motifs is 1. The Labute approximate surface area is 134 Å². The summed E-state index contributed by atoms with van der Waals surface area (Å²) >= 11 is 0. The highest BCUT2D eigenvalue weighted by Gasteiger charge is 2.35. The van der Waals surface area contributed by atoms with Crippen molar-refractivity contribution in [3.8, 4) is 5.75 Å². The molecular weight excluding hydrogens is 349 g/mol. The number of hydrogen-bond acceptors (Lipinski definition) is 5. The predicted molar refractivity (Wildman–Crippen MR) is 77.8 cm³/mol. The highest BCUT2D eigenvalue weighted by molar-refractivity contribution is 7.91. The minimum atomic E-state index is -5.03. The molecule has 0 fully saturated rings. The lowest BCUT2D eigenvalue weighted by molar-refractivity contribution is -0.275. The molecule has 10 heteroatoms. The largest absolute Gasteiger partial charge is 0.573 e. The molecule has 0 atom stereocenters. The van der Waals surface area contributed by atoms with Gasteiger partial charge in [0.05, 0.1) is 0 Å². The fourth-order valence-corrected chi connectivity index (χ4v) is 4.02. The van der Waals surface area contributed by atoms with E-state index in [2.05, 4.69) is 10.1 Å². The van der Waals surface area contributed by atoms with Gasteiger partial charge in [-0.05, 0) is 18.2 Å². The topological polar surface area (TPSA) is 77.4 Å².